The van der Waals surface area contributed by atoms with E-state index in [2.05, 4.69) is 78.1 Å². The first-order valence-electron chi connectivity index (χ1n) is 10.7. The summed E-state index contributed by atoms with van der Waals surface area (Å²) in [5.74, 6) is 0.645. The molecule has 0 aliphatic carbocycles. The molecule has 1 saturated heterocycles. The Balaban J connectivity index is 0.00000272. The van der Waals surface area contributed by atoms with Crippen molar-refractivity contribution in [3.8, 4) is 0 Å². The van der Waals surface area contributed by atoms with Gasteiger partial charge in [0.1, 0.15) is 23.2 Å². The summed E-state index contributed by atoms with van der Waals surface area (Å²) in [6.07, 6.45) is 2.53. The fourth-order valence-corrected chi connectivity index (χ4v) is 8.28. The summed E-state index contributed by atoms with van der Waals surface area (Å²) in [5.41, 5.74) is 0. The summed E-state index contributed by atoms with van der Waals surface area (Å²) in [6, 6.07) is 31.7. The highest BCUT2D eigenvalue weighted by Crippen LogP contribution is 2.54. The van der Waals surface area contributed by atoms with Gasteiger partial charge in [0.05, 0.1) is 0 Å². The number of carbonyl (C=O) groups is 1. The van der Waals surface area contributed by atoms with E-state index in [4.69, 9.17) is 4.74 Å². The number of benzene rings is 3. The van der Waals surface area contributed by atoms with Crippen LogP contribution in [0.15, 0.2) is 91.0 Å². The SMILES string of the molecule is O=C(C[P+](c1ccccc1)(c1ccccc1)c1ccccc1)NCC1CCOCC1.[Cl-]. The first-order valence-corrected chi connectivity index (χ1v) is 12.7. The van der Waals surface area contributed by atoms with E-state index in [1.165, 1.54) is 15.9 Å². The average molecular weight is 454 g/mol. The second-order valence-corrected chi connectivity index (χ2v) is 11.3. The molecule has 0 aromatic heterocycles. The summed E-state index contributed by atoms with van der Waals surface area (Å²) < 4.78 is 5.45. The molecule has 0 atom stereocenters. The molecule has 0 spiro atoms. The maximum absolute atomic E-state index is 13.3. The lowest BCUT2D eigenvalue weighted by molar-refractivity contribution is -0.119. The van der Waals surface area contributed by atoms with Crippen molar-refractivity contribution in [2.24, 2.45) is 5.92 Å². The molecule has 1 fully saturated rings. The molecule has 4 rings (SSSR count). The number of halogens is 1. The van der Waals surface area contributed by atoms with Gasteiger partial charge in [0, 0.05) is 19.8 Å². The van der Waals surface area contributed by atoms with Crippen LogP contribution in [0.25, 0.3) is 0 Å². The molecule has 1 heterocycles. The summed E-state index contributed by atoms with van der Waals surface area (Å²) in [7, 11) is -2.12. The van der Waals surface area contributed by atoms with Gasteiger partial charge in [-0.05, 0) is 55.2 Å². The quantitative estimate of drug-likeness (QED) is 0.530. The monoisotopic (exact) mass is 453 g/mol. The predicted octanol–water partition coefficient (Wildman–Crippen LogP) is 0.527. The first-order chi connectivity index (χ1) is 14.8. The smallest absolute Gasteiger partial charge is 0.258 e. The van der Waals surface area contributed by atoms with Gasteiger partial charge in [-0.15, -0.1) is 0 Å². The highest BCUT2D eigenvalue weighted by molar-refractivity contribution is 7.96. The second-order valence-electron chi connectivity index (χ2n) is 7.83. The lowest BCUT2D eigenvalue weighted by atomic mass is 10.0. The number of amides is 1. The molecule has 1 amide bonds. The maximum atomic E-state index is 13.3. The number of carbonyl (C=O) groups excluding carboxylic acids is 1. The van der Waals surface area contributed by atoms with Gasteiger partial charge in [-0.3, -0.25) is 4.79 Å². The summed E-state index contributed by atoms with van der Waals surface area (Å²) in [5, 5.41) is 6.97. The van der Waals surface area contributed by atoms with Crippen LogP contribution in [0.4, 0.5) is 0 Å². The molecular weight excluding hydrogens is 425 g/mol. The van der Waals surface area contributed by atoms with E-state index in [1.54, 1.807) is 0 Å². The van der Waals surface area contributed by atoms with Crippen LogP contribution >= 0.6 is 7.26 Å². The van der Waals surface area contributed by atoms with E-state index in [0.717, 1.165) is 32.6 Å². The number of ether oxygens (including phenoxy) is 1. The Hall–Kier alpha value is -2.19. The van der Waals surface area contributed by atoms with Crippen LogP contribution < -0.4 is 33.6 Å². The molecule has 0 radical (unpaired) electrons. The van der Waals surface area contributed by atoms with Crippen molar-refractivity contribution in [2.75, 3.05) is 25.9 Å². The molecule has 3 aromatic rings. The number of hydrogen-bond donors (Lipinski definition) is 1. The van der Waals surface area contributed by atoms with Crippen molar-refractivity contribution in [1.82, 2.24) is 5.32 Å². The van der Waals surface area contributed by atoms with Crippen LogP contribution in [0, 0.1) is 5.92 Å². The normalized spacial score (nSPS) is 14.5. The Morgan fingerprint density at radius 2 is 1.19 bits per heavy atom. The lowest BCUT2D eigenvalue weighted by Gasteiger charge is -2.28. The number of nitrogens with one attached hydrogen (secondary N) is 1. The predicted molar refractivity (Wildman–Crippen MR) is 127 cm³/mol. The van der Waals surface area contributed by atoms with Gasteiger partial charge in [-0.25, -0.2) is 0 Å². The zero-order valence-corrected chi connectivity index (χ0v) is 19.3. The Morgan fingerprint density at radius 1 is 0.774 bits per heavy atom. The molecular formula is C26H29ClNO2P. The van der Waals surface area contributed by atoms with Crippen molar-refractivity contribution in [3.63, 3.8) is 0 Å². The van der Waals surface area contributed by atoms with Crippen molar-refractivity contribution in [1.29, 1.82) is 0 Å². The van der Waals surface area contributed by atoms with E-state index in [-0.39, 0.29) is 18.3 Å². The third-order valence-corrected chi connectivity index (χ3v) is 10.2. The minimum absolute atomic E-state index is 0. The molecule has 0 saturated carbocycles. The zero-order valence-electron chi connectivity index (χ0n) is 17.6. The molecule has 1 aliphatic heterocycles. The van der Waals surface area contributed by atoms with E-state index >= 15 is 0 Å². The molecule has 0 bridgehead atoms. The van der Waals surface area contributed by atoms with Crippen molar-refractivity contribution < 1.29 is 21.9 Å². The lowest BCUT2D eigenvalue weighted by Crippen LogP contribution is -3.00. The maximum Gasteiger partial charge on any atom is 0.258 e. The van der Waals surface area contributed by atoms with Crippen molar-refractivity contribution in [3.05, 3.63) is 91.0 Å². The topological polar surface area (TPSA) is 38.3 Å². The van der Waals surface area contributed by atoms with Crippen molar-refractivity contribution in [2.45, 2.75) is 12.8 Å². The van der Waals surface area contributed by atoms with Crippen LogP contribution in [0.5, 0.6) is 0 Å². The van der Waals surface area contributed by atoms with Crippen LogP contribution in [-0.2, 0) is 9.53 Å². The Kier molecular flexibility index (Phi) is 8.66. The van der Waals surface area contributed by atoms with Gasteiger partial charge in [0.2, 0.25) is 0 Å². The number of hydrogen-bond acceptors (Lipinski definition) is 2. The minimum atomic E-state index is -2.12. The molecule has 162 valence electrons. The molecule has 31 heavy (non-hydrogen) atoms. The Bertz CT molecular complexity index is 835. The van der Waals surface area contributed by atoms with Crippen LogP contribution in [0.1, 0.15) is 12.8 Å². The first kappa shape index (κ1) is 23.5. The molecule has 0 unspecified atom stereocenters. The fourth-order valence-electron chi connectivity index (χ4n) is 4.25. The average Bonchev–Trinajstić information content (AvgIpc) is 2.83. The Labute approximate surface area is 192 Å². The molecule has 3 nitrogen and oxygen atoms in total. The van der Waals surface area contributed by atoms with E-state index in [1.807, 2.05) is 18.2 Å². The number of rotatable bonds is 7. The largest absolute Gasteiger partial charge is 1.00 e. The van der Waals surface area contributed by atoms with Gasteiger partial charge in [-0.2, -0.15) is 0 Å². The second kappa shape index (κ2) is 11.4. The minimum Gasteiger partial charge on any atom is -1.00 e. The summed E-state index contributed by atoms with van der Waals surface area (Å²) >= 11 is 0. The highest BCUT2D eigenvalue weighted by Gasteiger charge is 2.47. The third-order valence-electron chi connectivity index (χ3n) is 5.90. The van der Waals surface area contributed by atoms with Gasteiger partial charge in [0.15, 0.2) is 6.16 Å². The standard InChI is InChI=1S/C26H28NO2P.ClH/c28-26(27-20-22-16-18-29-19-17-22)21-30(23-10-4-1-5-11-23,24-12-6-2-7-13-24)25-14-8-3-9-15-25;/h1-15,22H,16-21H2;1H. The van der Waals surface area contributed by atoms with Crippen LogP contribution in [0.2, 0.25) is 0 Å². The van der Waals surface area contributed by atoms with E-state index in [9.17, 15) is 4.79 Å². The van der Waals surface area contributed by atoms with Crippen LogP contribution in [0.3, 0.4) is 0 Å². The molecule has 5 heteroatoms. The van der Waals surface area contributed by atoms with Gasteiger partial charge in [0.25, 0.3) is 5.91 Å². The van der Waals surface area contributed by atoms with E-state index in [0.29, 0.717) is 12.1 Å². The van der Waals surface area contributed by atoms with Gasteiger partial charge >= 0.3 is 0 Å². The van der Waals surface area contributed by atoms with E-state index < -0.39 is 7.26 Å². The summed E-state index contributed by atoms with van der Waals surface area (Å²) in [6.45, 7) is 2.34. The molecule has 1 N–H and O–H groups in total. The van der Waals surface area contributed by atoms with Gasteiger partial charge in [-0.1, -0.05) is 54.6 Å². The highest BCUT2D eigenvalue weighted by atomic mass is 35.5. The van der Waals surface area contributed by atoms with Crippen LogP contribution in [-0.4, -0.2) is 31.8 Å². The van der Waals surface area contributed by atoms with Gasteiger partial charge < -0.3 is 22.5 Å². The molecule has 1 aliphatic rings. The third kappa shape index (κ3) is 5.54. The fraction of sp³-hybridized carbons (Fsp3) is 0.269. The zero-order chi connectivity index (χ0) is 20.7. The Morgan fingerprint density at radius 3 is 1.61 bits per heavy atom. The molecule has 3 aromatic carbocycles. The van der Waals surface area contributed by atoms with Crippen molar-refractivity contribution >= 4 is 29.1 Å². The summed E-state index contributed by atoms with van der Waals surface area (Å²) in [4.78, 5) is 13.3.